The summed E-state index contributed by atoms with van der Waals surface area (Å²) in [6.45, 7) is 0.00435. The maximum Gasteiger partial charge on any atom is 0.330 e. The summed E-state index contributed by atoms with van der Waals surface area (Å²) in [5, 5.41) is 8.66. The molecule has 0 fully saturated rings. The Kier molecular flexibility index (Phi) is 7.51. The zero-order valence-corrected chi connectivity index (χ0v) is 18.6. The smallest absolute Gasteiger partial charge is 0.330 e. The maximum atomic E-state index is 12.8. The molecule has 1 heterocycles. The van der Waals surface area contributed by atoms with E-state index in [1.54, 1.807) is 18.2 Å². The maximum absolute atomic E-state index is 12.8. The number of aromatic nitrogens is 2. The predicted octanol–water partition coefficient (Wildman–Crippen LogP) is 1.75. The van der Waals surface area contributed by atoms with Gasteiger partial charge in [-0.15, -0.1) is 0 Å². The first-order chi connectivity index (χ1) is 16.3. The van der Waals surface area contributed by atoms with E-state index in [9.17, 15) is 14.4 Å². The molecule has 3 aromatic rings. The molecule has 0 bridgehead atoms. The van der Waals surface area contributed by atoms with Gasteiger partial charge in [0.1, 0.15) is 11.9 Å². The standard InChI is InChI=1S/C24H23N5O5/c1-28(20(30)11-9-16-8-10-18(34-13-12-25)19(14-16)33-2)21-22(26)29(24(32)27-23(21)31)15-17-6-4-3-5-7-17/h3-11,14H,13,15,26H2,1-2H3,(H,27,31,32)/b11-9+. The van der Waals surface area contributed by atoms with Gasteiger partial charge >= 0.3 is 5.69 Å². The average molecular weight is 461 g/mol. The normalized spacial score (nSPS) is 10.6. The summed E-state index contributed by atoms with van der Waals surface area (Å²) >= 11 is 0. The number of likely N-dealkylation sites (N-methyl/N-ethyl adjacent to an activating group) is 1. The van der Waals surface area contributed by atoms with Gasteiger partial charge in [-0.2, -0.15) is 5.26 Å². The van der Waals surface area contributed by atoms with Crippen molar-refractivity contribution >= 4 is 23.5 Å². The third-order valence-electron chi connectivity index (χ3n) is 4.96. The van der Waals surface area contributed by atoms with E-state index < -0.39 is 17.2 Å². The molecule has 10 heteroatoms. The first-order valence-electron chi connectivity index (χ1n) is 10.2. The molecule has 0 saturated heterocycles. The van der Waals surface area contributed by atoms with Crippen molar-refractivity contribution in [3.8, 4) is 17.6 Å². The van der Waals surface area contributed by atoms with Crippen molar-refractivity contribution in [3.05, 3.63) is 86.6 Å². The first kappa shape index (κ1) is 23.9. The van der Waals surface area contributed by atoms with Gasteiger partial charge < -0.3 is 20.1 Å². The lowest BCUT2D eigenvalue weighted by atomic mass is 10.2. The van der Waals surface area contributed by atoms with Crippen LogP contribution in [-0.4, -0.2) is 36.2 Å². The molecule has 1 amide bonds. The zero-order valence-electron chi connectivity index (χ0n) is 18.6. The molecule has 34 heavy (non-hydrogen) atoms. The molecule has 0 aliphatic rings. The van der Waals surface area contributed by atoms with Gasteiger partial charge in [0, 0.05) is 13.1 Å². The summed E-state index contributed by atoms with van der Waals surface area (Å²) in [6.07, 6.45) is 2.79. The highest BCUT2D eigenvalue weighted by atomic mass is 16.5. The number of ether oxygens (including phenoxy) is 2. The van der Waals surface area contributed by atoms with E-state index in [4.69, 9.17) is 20.5 Å². The zero-order chi connectivity index (χ0) is 24.7. The van der Waals surface area contributed by atoms with E-state index in [1.807, 2.05) is 36.4 Å². The summed E-state index contributed by atoms with van der Waals surface area (Å²) in [4.78, 5) is 40.9. The lowest BCUT2D eigenvalue weighted by molar-refractivity contribution is -0.113. The third kappa shape index (κ3) is 5.34. The predicted molar refractivity (Wildman–Crippen MR) is 128 cm³/mol. The Morgan fingerprint density at radius 1 is 1.21 bits per heavy atom. The second-order valence-electron chi connectivity index (χ2n) is 7.15. The Bertz CT molecular complexity index is 1370. The second-order valence-corrected chi connectivity index (χ2v) is 7.15. The van der Waals surface area contributed by atoms with Crippen LogP contribution in [0.4, 0.5) is 11.5 Å². The van der Waals surface area contributed by atoms with Gasteiger partial charge in [-0.05, 0) is 29.3 Å². The number of nitrogens with two attached hydrogens (primary N) is 1. The lowest BCUT2D eigenvalue weighted by Gasteiger charge is -2.19. The topological polar surface area (TPSA) is 143 Å². The minimum Gasteiger partial charge on any atom is -0.493 e. The molecule has 3 rings (SSSR count). The fourth-order valence-electron chi connectivity index (χ4n) is 3.23. The van der Waals surface area contributed by atoms with Crippen molar-refractivity contribution in [2.75, 3.05) is 31.4 Å². The Morgan fingerprint density at radius 2 is 1.94 bits per heavy atom. The molecule has 174 valence electrons. The van der Waals surface area contributed by atoms with Crippen molar-refractivity contribution < 1.29 is 14.3 Å². The molecule has 0 spiro atoms. The number of aromatic amines is 1. The van der Waals surface area contributed by atoms with Gasteiger partial charge in [0.25, 0.3) is 11.5 Å². The van der Waals surface area contributed by atoms with E-state index in [0.717, 1.165) is 10.5 Å². The number of methoxy groups -OCH3 is 1. The van der Waals surface area contributed by atoms with Gasteiger partial charge in [0.05, 0.1) is 13.7 Å². The highest BCUT2D eigenvalue weighted by Gasteiger charge is 2.19. The molecule has 2 aromatic carbocycles. The number of benzene rings is 2. The number of H-pyrrole nitrogens is 1. The second kappa shape index (κ2) is 10.7. The summed E-state index contributed by atoms with van der Waals surface area (Å²) < 4.78 is 11.7. The summed E-state index contributed by atoms with van der Waals surface area (Å²) in [5.74, 6) is 0.130. The third-order valence-corrected chi connectivity index (χ3v) is 4.96. The molecule has 0 aliphatic carbocycles. The van der Waals surface area contributed by atoms with Crippen molar-refractivity contribution in [1.82, 2.24) is 9.55 Å². The van der Waals surface area contributed by atoms with Gasteiger partial charge in [0.15, 0.2) is 23.8 Å². The summed E-state index contributed by atoms with van der Waals surface area (Å²) in [7, 11) is 2.85. The Labute approximate surface area is 195 Å². The fraction of sp³-hybridized carbons (Fsp3) is 0.167. The summed E-state index contributed by atoms with van der Waals surface area (Å²) in [6, 6.07) is 15.9. The minimum absolute atomic E-state index is 0.123. The van der Waals surface area contributed by atoms with Crippen molar-refractivity contribution in [1.29, 1.82) is 5.26 Å². The molecule has 0 atom stereocenters. The highest BCUT2D eigenvalue weighted by molar-refractivity contribution is 6.04. The minimum atomic E-state index is -0.767. The SMILES string of the molecule is COc1cc(/C=C/C(=O)N(C)c2c(N)n(Cc3ccccc3)c(=O)[nH]c2=O)ccc1OCC#N. The molecule has 1 aromatic heterocycles. The monoisotopic (exact) mass is 461 g/mol. The van der Waals surface area contributed by atoms with Crippen LogP contribution in [0.5, 0.6) is 11.5 Å². The number of hydrogen-bond acceptors (Lipinski definition) is 7. The summed E-state index contributed by atoms with van der Waals surface area (Å²) in [5.41, 5.74) is 6.00. The number of nitrogens with zero attached hydrogens (tertiary/aromatic N) is 3. The number of anilines is 2. The van der Waals surface area contributed by atoms with Crippen LogP contribution < -0.4 is 31.4 Å². The number of carbonyl (C=O) groups is 1. The van der Waals surface area contributed by atoms with Crippen LogP contribution in [0.3, 0.4) is 0 Å². The highest BCUT2D eigenvalue weighted by Crippen LogP contribution is 2.28. The number of nitriles is 1. The molecule has 3 N–H and O–H groups in total. The number of nitrogen functional groups attached to an aromatic ring is 1. The Hall–Kier alpha value is -4.78. The van der Waals surface area contributed by atoms with E-state index in [2.05, 4.69) is 4.98 Å². The molecule has 0 aliphatic heterocycles. The Morgan fingerprint density at radius 3 is 2.62 bits per heavy atom. The van der Waals surface area contributed by atoms with Crippen LogP contribution in [0.1, 0.15) is 11.1 Å². The van der Waals surface area contributed by atoms with Crippen molar-refractivity contribution in [3.63, 3.8) is 0 Å². The largest absolute Gasteiger partial charge is 0.493 e. The Balaban J connectivity index is 1.86. The first-order valence-corrected chi connectivity index (χ1v) is 10.2. The van der Waals surface area contributed by atoms with Crippen LogP contribution in [0.15, 0.2) is 64.2 Å². The molecule has 10 nitrogen and oxygen atoms in total. The van der Waals surface area contributed by atoms with Gasteiger partial charge in [0.2, 0.25) is 0 Å². The van der Waals surface area contributed by atoms with E-state index >= 15 is 0 Å². The van der Waals surface area contributed by atoms with Crippen LogP contribution >= 0.6 is 0 Å². The molecule has 0 unspecified atom stereocenters. The number of amides is 1. The van der Waals surface area contributed by atoms with E-state index in [1.165, 1.54) is 30.9 Å². The van der Waals surface area contributed by atoms with Gasteiger partial charge in [-0.1, -0.05) is 36.4 Å². The quantitative estimate of drug-likeness (QED) is 0.486. The molecular weight excluding hydrogens is 438 g/mol. The fourth-order valence-corrected chi connectivity index (χ4v) is 3.23. The number of hydrogen-bond donors (Lipinski definition) is 2. The molecule has 0 radical (unpaired) electrons. The van der Waals surface area contributed by atoms with Crippen LogP contribution in [0.2, 0.25) is 0 Å². The van der Waals surface area contributed by atoms with Crippen LogP contribution in [-0.2, 0) is 11.3 Å². The molecule has 0 saturated carbocycles. The van der Waals surface area contributed by atoms with E-state index in [-0.39, 0.29) is 24.7 Å². The average Bonchev–Trinajstić information content (AvgIpc) is 2.84. The van der Waals surface area contributed by atoms with Crippen LogP contribution in [0, 0.1) is 11.3 Å². The van der Waals surface area contributed by atoms with Gasteiger partial charge in [-0.25, -0.2) is 4.79 Å². The molecular formula is C24H23N5O5. The lowest BCUT2D eigenvalue weighted by Crippen LogP contribution is -2.39. The number of rotatable bonds is 8. The van der Waals surface area contributed by atoms with E-state index in [0.29, 0.717) is 17.1 Å². The van der Waals surface area contributed by atoms with Crippen molar-refractivity contribution in [2.24, 2.45) is 0 Å². The van der Waals surface area contributed by atoms with Crippen molar-refractivity contribution in [2.45, 2.75) is 6.54 Å². The van der Waals surface area contributed by atoms with Gasteiger partial charge in [-0.3, -0.25) is 19.1 Å². The number of nitrogens with one attached hydrogen (secondary N) is 1. The van der Waals surface area contributed by atoms with Crippen LogP contribution in [0.25, 0.3) is 6.08 Å². The number of carbonyl (C=O) groups excluding carboxylic acids is 1.